The van der Waals surface area contributed by atoms with Gasteiger partial charge < -0.3 is 0 Å². The SMILES string of the molecule is CCCCCCCCCCCC=C(Br)Br. The molecule has 0 amide bonds. The molecule has 0 heterocycles. The van der Waals surface area contributed by atoms with Crippen molar-refractivity contribution in [1.29, 1.82) is 0 Å². The summed E-state index contributed by atoms with van der Waals surface area (Å²) in [5, 5.41) is 0. The Kier molecular flexibility index (Phi) is 13.4. The molecule has 0 spiro atoms. The Balaban J connectivity index is 2.96. The summed E-state index contributed by atoms with van der Waals surface area (Å²) in [6.45, 7) is 2.27. The molecule has 90 valence electrons. The highest BCUT2D eigenvalue weighted by molar-refractivity contribution is 9.28. The summed E-state index contributed by atoms with van der Waals surface area (Å²) in [5.74, 6) is 0. The second kappa shape index (κ2) is 12.8. The van der Waals surface area contributed by atoms with Gasteiger partial charge in [0.15, 0.2) is 0 Å². The number of hydrogen-bond donors (Lipinski definition) is 0. The van der Waals surface area contributed by atoms with E-state index in [4.69, 9.17) is 0 Å². The average molecular weight is 340 g/mol. The molecule has 0 saturated heterocycles. The highest BCUT2D eigenvalue weighted by Crippen LogP contribution is 2.16. The van der Waals surface area contributed by atoms with Crippen LogP contribution in [-0.4, -0.2) is 0 Å². The lowest BCUT2D eigenvalue weighted by Gasteiger charge is -2.00. The number of unbranched alkanes of at least 4 members (excludes halogenated alkanes) is 9. The Morgan fingerprint density at radius 3 is 1.73 bits per heavy atom. The monoisotopic (exact) mass is 338 g/mol. The van der Waals surface area contributed by atoms with Crippen LogP contribution in [0.2, 0.25) is 0 Å². The van der Waals surface area contributed by atoms with Gasteiger partial charge in [0.25, 0.3) is 0 Å². The van der Waals surface area contributed by atoms with Crippen LogP contribution < -0.4 is 0 Å². The van der Waals surface area contributed by atoms with E-state index in [0.717, 1.165) is 3.39 Å². The van der Waals surface area contributed by atoms with Gasteiger partial charge in [0.05, 0.1) is 3.39 Å². The highest BCUT2D eigenvalue weighted by atomic mass is 79.9. The molecule has 0 unspecified atom stereocenters. The van der Waals surface area contributed by atoms with Crippen molar-refractivity contribution >= 4 is 31.9 Å². The van der Waals surface area contributed by atoms with E-state index in [-0.39, 0.29) is 0 Å². The van der Waals surface area contributed by atoms with E-state index in [2.05, 4.69) is 44.9 Å². The predicted octanol–water partition coefficient (Wildman–Crippen LogP) is 6.54. The first-order valence-electron chi connectivity index (χ1n) is 6.28. The highest BCUT2D eigenvalue weighted by Gasteiger charge is 1.91. The molecule has 0 bridgehead atoms. The van der Waals surface area contributed by atoms with Crippen LogP contribution in [0.3, 0.4) is 0 Å². The van der Waals surface area contributed by atoms with Crippen LogP contribution in [-0.2, 0) is 0 Å². The Morgan fingerprint density at radius 2 is 1.27 bits per heavy atom. The van der Waals surface area contributed by atoms with Gasteiger partial charge in [-0.05, 0) is 44.7 Å². The quantitative estimate of drug-likeness (QED) is 0.396. The van der Waals surface area contributed by atoms with Gasteiger partial charge in [-0.25, -0.2) is 0 Å². The fourth-order valence-corrected chi connectivity index (χ4v) is 2.12. The lowest BCUT2D eigenvalue weighted by atomic mass is 10.1. The molecule has 0 atom stereocenters. The van der Waals surface area contributed by atoms with Gasteiger partial charge in [0, 0.05) is 0 Å². The molecule has 2 heteroatoms. The first-order valence-corrected chi connectivity index (χ1v) is 7.87. The van der Waals surface area contributed by atoms with Crippen LogP contribution in [0.25, 0.3) is 0 Å². The second-order valence-electron chi connectivity index (χ2n) is 4.11. The van der Waals surface area contributed by atoms with Crippen LogP contribution >= 0.6 is 31.9 Å². The molecule has 0 N–H and O–H groups in total. The minimum atomic E-state index is 1.09. The maximum Gasteiger partial charge on any atom is 0.0564 e. The molecule has 0 fully saturated rings. The lowest BCUT2D eigenvalue weighted by Crippen LogP contribution is -1.80. The van der Waals surface area contributed by atoms with Gasteiger partial charge in [-0.2, -0.15) is 0 Å². The summed E-state index contributed by atoms with van der Waals surface area (Å²) in [4.78, 5) is 0. The molecule has 0 aromatic rings. The van der Waals surface area contributed by atoms with Crippen molar-refractivity contribution in [1.82, 2.24) is 0 Å². The van der Waals surface area contributed by atoms with Gasteiger partial charge in [-0.15, -0.1) is 0 Å². The Morgan fingerprint density at radius 1 is 0.800 bits per heavy atom. The number of allylic oxidation sites excluding steroid dienone is 1. The first kappa shape index (κ1) is 15.7. The van der Waals surface area contributed by atoms with E-state index >= 15 is 0 Å². The van der Waals surface area contributed by atoms with Gasteiger partial charge >= 0.3 is 0 Å². The summed E-state index contributed by atoms with van der Waals surface area (Å²) in [5.41, 5.74) is 0. The second-order valence-corrected chi connectivity index (χ2v) is 6.88. The van der Waals surface area contributed by atoms with Crippen LogP contribution in [0.1, 0.15) is 71.1 Å². The van der Waals surface area contributed by atoms with Crippen molar-refractivity contribution in [3.05, 3.63) is 9.47 Å². The van der Waals surface area contributed by atoms with Crippen molar-refractivity contribution in [2.75, 3.05) is 0 Å². The van der Waals surface area contributed by atoms with E-state index in [0.29, 0.717) is 0 Å². The number of halogens is 2. The van der Waals surface area contributed by atoms with E-state index in [9.17, 15) is 0 Å². The maximum absolute atomic E-state index is 3.37. The van der Waals surface area contributed by atoms with Crippen LogP contribution in [0.5, 0.6) is 0 Å². The van der Waals surface area contributed by atoms with E-state index in [1.54, 1.807) is 0 Å². The molecule has 0 saturated carbocycles. The molecule has 15 heavy (non-hydrogen) atoms. The predicted molar refractivity (Wildman–Crippen MR) is 77.8 cm³/mol. The molecule has 0 aliphatic carbocycles. The molecule has 0 aromatic carbocycles. The molecule has 0 rings (SSSR count). The fourth-order valence-electron chi connectivity index (χ4n) is 1.67. The van der Waals surface area contributed by atoms with Crippen molar-refractivity contribution in [2.24, 2.45) is 0 Å². The van der Waals surface area contributed by atoms with Crippen LogP contribution in [0.4, 0.5) is 0 Å². The summed E-state index contributed by atoms with van der Waals surface area (Å²) in [6.07, 6.45) is 16.1. The smallest absolute Gasteiger partial charge is 0.0564 e. The van der Waals surface area contributed by atoms with E-state index < -0.39 is 0 Å². The minimum absolute atomic E-state index is 1.09. The molecule has 0 aliphatic rings. The Hall–Kier alpha value is 0.700. The molecular weight excluding hydrogens is 316 g/mol. The summed E-state index contributed by atoms with van der Waals surface area (Å²) in [6, 6.07) is 0. The van der Waals surface area contributed by atoms with E-state index in [1.165, 1.54) is 64.2 Å². The third-order valence-electron chi connectivity index (χ3n) is 2.61. The molecule has 0 aliphatic heterocycles. The topological polar surface area (TPSA) is 0 Å². The van der Waals surface area contributed by atoms with Crippen LogP contribution in [0.15, 0.2) is 9.47 Å². The van der Waals surface area contributed by atoms with Crippen LogP contribution in [0, 0.1) is 0 Å². The van der Waals surface area contributed by atoms with Gasteiger partial charge in [-0.3, -0.25) is 0 Å². The zero-order chi connectivity index (χ0) is 11.4. The average Bonchev–Trinajstić information content (AvgIpc) is 2.20. The fraction of sp³-hybridized carbons (Fsp3) is 0.846. The lowest BCUT2D eigenvalue weighted by molar-refractivity contribution is 0.566. The molecule has 0 nitrogen and oxygen atoms in total. The first-order chi connectivity index (χ1) is 7.27. The standard InChI is InChI=1S/C13H24Br2/c1-2-3-4-5-6-7-8-9-10-11-12-13(14)15/h12H,2-11H2,1H3. The Labute approximate surface area is 112 Å². The third-order valence-corrected chi connectivity index (χ3v) is 3.25. The normalized spacial score (nSPS) is 10.3. The zero-order valence-electron chi connectivity index (χ0n) is 9.90. The van der Waals surface area contributed by atoms with Crippen molar-refractivity contribution in [3.8, 4) is 0 Å². The molecule has 0 radical (unpaired) electrons. The maximum atomic E-state index is 3.37. The van der Waals surface area contributed by atoms with Gasteiger partial charge in [0.2, 0.25) is 0 Å². The number of hydrogen-bond acceptors (Lipinski definition) is 0. The zero-order valence-corrected chi connectivity index (χ0v) is 13.1. The van der Waals surface area contributed by atoms with E-state index in [1.807, 2.05) is 0 Å². The summed E-state index contributed by atoms with van der Waals surface area (Å²) in [7, 11) is 0. The molecular formula is C13H24Br2. The minimum Gasteiger partial charge on any atom is -0.0654 e. The number of rotatable bonds is 10. The van der Waals surface area contributed by atoms with Crippen molar-refractivity contribution in [2.45, 2.75) is 71.1 Å². The molecule has 0 aromatic heterocycles. The third kappa shape index (κ3) is 14.7. The van der Waals surface area contributed by atoms with Gasteiger partial charge in [-0.1, -0.05) is 64.4 Å². The van der Waals surface area contributed by atoms with Crippen molar-refractivity contribution in [3.63, 3.8) is 0 Å². The van der Waals surface area contributed by atoms with Gasteiger partial charge in [0.1, 0.15) is 0 Å². The summed E-state index contributed by atoms with van der Waals surface area (Å²) >= 11 is 6.74. The summed E-state index contributed by atoms with van der Waals surface area (Å²) < 4.78 is 1.09. The van der Waals surface area contributed by atoms with Crippen molar-refractivity contribution < 1.29 is 0 Å². The Bertz CT molecular complexity index is 149. The largest absolute Gasteiger partial charge is 0.0654 e.